The van der Waals surface area contributed by atoms with Gasteiger partial charge in [-0.1, -0.05) is 25.1 Å². The number of aromatic nitrogens is 2. The Labute approximate surface area is 114 Å². The Bertz CT molecular complexity index is 540. The van der Waals surface area contributed by atoms with Crippen LogP contribution < -0.4 is 5.32 Å². The van der Waals surface area contributed by atoms with E-state index in [0.29, 0.717) is 0 Å². The number of nitrogens with one attached hydrogen (secondary N) is 1. The topological polar surface area (TPSA) is 29.9 Å². The fraction of sp³-hybridized carbons (Fsp3) is 0.438. The molecule has 0 atom stereocenters. The van der Waals surface area contributed by atoms with Crippen molar-refractivity contribution in [1.29, 1.82) is 0 Å². The number of rotatable bonds is 6. The summed E-state index contributed by atoms with van der Waals surface area (Å²) in [4.78, 5) is 0. The monoisotopic (exact) mass is 255 g/mol. The first-order chi connectivity index (χ1) is 9.36. The van der Waals surface area contributed by atoms with Gasteiger partial charge in [-0.3, -0.25) is 4.68 Å². The van der Waals surface area contributed by atoms with Crippen molar-refractivity contribution < 1.29 is 0 Å². The molecule has 0 unspecified atom stereocenters. The Morgan fingerprint density at radius 2 is 2.21 bits per heavy atom. The maximum atomic E-state index is 4.40. The number of aryl methyl sites for hydroxylation is 1. The lowest BCUT2D eigenvalue weighted by Crippen LogP contribution is -2.15. The lowest BCUT2D eigenvalue weighted by Gasteiger charge is -2.09. The molecule has 100 valence electrons. The van der Waals surface area contributed by atoms with Crippen LogP contribution in [0.1, 0.15) is 31.7 Å². The van der Waals surface area contributed by atoms with E-state index in [1.807, 2.05) is 6.20 Å². The van der Waals surface area contributed by atoms with Crippen LogP contribution in [-0.2, 0) is 13.1 Å². The Morgan fingerprint density at radius 1 is 1.32 bits per heavy atom. The van der Waals surface area contributed by atoms with E-state index >= 15 is 0 Å². The summed E-state index contributed by atoms with van der Waals surface area (Å²) in [5.41, 5.74) is 3.84. The molecule has 1 aliphatic carbocycles. The molecule has 3 rings (SSSR count). The van der Waals surface area contributed by atoms with Gasteiger partial charge in [0, 0.05) is 30.9 Å². The summed E-state index contributed by atoms with van der Waals surface area (Å²) in [7, 11) is 0. The highest BCUT2D eigenvalue weighted by atomic mass is 15.3. The van der Waals surface area contributed by atoms with Crippen LogP contribution in [0.5, 0.6) is 0 Å². The summed E-state index contributed by atoms with van der Waals surface area (Å²) in [6.07, 6.45) is 5.67. The van der Waals surface area contributed by atoms with Gasteiger partial charge < -0.3 is 5.32 Å². The fourth-order valence-electron chi connectivity index (χ4n) is 2.36. The zero-order valence-corrected chi connectivity index (χ0v) is 11.5. The largest absolute Gasteiger partial charge is 0.310 e. The number of hydrogen-bond donors (Lipinski definition) is 1. The lowest BCUT2D eigenvalue weighted by atomic mass is 10.1. The Balaban J connectivity index is 1.78. The van der Waals surface area contributed by atoms with E-state index in [9.17, 15) is 0 Å². The van der Waals surface area contributed by atoms with Gasteiger partial charge >= 0.3 is 0 Å². The van der Waals surface area contributed by atoms with E-state index in [-0.39, 0.29) is 0 Å². The molecule has 3 nitrogen and oxygen atoms in total. The molecule has 1 aromatic heterocycles. The van der Waals surface area contributed by atoms with Crippen LogP contribution in [0.4, 0.5) is 0 Å². The molecule has 0 radical (unpaired) electrons. The van der Waals surface area contributed by atoms with Crippen molar-refractivity contribution in [3.63, 3.8) is 0 Å². The molecule has 0 aliphatic heterocycles. The summed E-state index contributed by atoms with van der Waals surface area (Å²) in [5, 5.41) is 7.96. The molecule has 0 bridgehead atoms. The molecular weight excluding hydrogens is 234 g/mol. The van der Waals surface area contributed by atoms with E-state index in [4.69, 9.17) is 0 Å². The Morgan fingerprint density at radius 3 is 3.00 bits per heavy atom. The number of nitrogens with zero attached hydrogens (tertiary/aromatic N) is 2. The van der Waals surface area contributed by atoms with Gasteiger partial charge in [0.05, 0.1) is 5.69 Å². The normalized spacial score (nSPS) is 14.8. The highest BCUT2D eigenvalue weighted by Gasteiger charge is 2.19. The van der Waals surface area contributed by atoms with E-state index in [1.165, 1.54) is 29.7 Å². The van der Waals surface area contributed by atoms with Crippen LogP contribution in [0.25, 0.3) is 11.3 Å². The van der Waals surface area contributed by atoms with Gasteiger partial charge in [0.25, 0.3) is 0 Å². The maximum Gasteiger partial charge on any atom is 0.0682 e. The van der Waals surface area contributed by atoms with Gasteiger partial charge in [-0.25, -0.2) is 0 Å². The van der Waals surface area contributed by atoms with Crippen LogP contribution in [0.15, 0.2) is 36.5 Å². The van der Waals surface area contributed by atoms with Gasteiger partial charge in [-0.2, -0.15) is 5.10 Å². The highest BCUT2D eigenvalue weighted by molar-refractivity contribution is 5.60. The summed E-state index contributed by atoms with van der Waals surface area (Å²) in [6, 6.07) is 11.6. The van der Waals surface area contributed by atoms with Crippen LogP contribution in [-0.4, -0.2) is 15.8 Å². The Kier molecular flexibility index (Phi) is 3.65. The van der Waals surface area contributed by atoms with Crippen molar-refractivity contribution in [2.45, 2.75) is 45.3 Å². The highest BCUT2D eigenvalue weighted by Crippen LogP contribution is 2.22. The first-order valence-corrected chi connectivity index (χ1v) is 7.21. The molecular formula is C16H21N3. The molecule has 1 fully saturated rings. The minimum Gasteiger partial charge on any atom is -0.310 e. The van der Waals surface area contributed by atoms with Crippen molar-refractivity contribution in [1.82, 2.24) is 15.1 Å². The van der Waals surface area contributed by atoms with Crippen LogP contribution in [0.3, 0.4) is 0 Å². The molecule has 0 saturated heterocycles. The smallest absolute Gasteiger partial charge is 0.0682 e. The third kappa shape index (κ3) is 3.04. The van der Waals surface area contributed by atoms with Gasteiger partial charge in [0.2, 0.25) is 0 Å². The standard InChI is InChI=1S/C16H21N3/c1-2-10-19-16(8-9-18-19)14-5-3-4-13(11-14)12-17-15-6-7-15/h3-5,8-9,11,15,17H,2,6-7,10,12H2,1H3. The molecule has 1 heterocycles. The minimum absolute atomic E-state index is 0.759. The van der Waals surface area contributed by atoms with Crippen molar-refractivity contribution in [3.8, 4) is 11.3 Å². The predicted molar refractivity (Wildman–Crippen MR) is 77.8 cm³/mol. The van der Waals surface area contributed by atoms with Gasteiger partial charge in [0.1, 0.15) is 0 Å². The van der Waals surface area contributed by atoms with Crippen LogP contribution in [0.2, 0.25) is 0 Å². The lowest BCUT2D eigenvalue weighted by molar-refractivity contribution is 0.609. The molecule has 1 saturated carbocycles. The van der Waals surface area contributed by atoms with Crippen molar-refractivity contribution in [3.05, 3.63) is 42.1 Å². The third-order valence-corrected chi connectivity index (χ3v) is 3.55. The second-order valence-corrected chi connectivity index (χ2v) is 5.30. The fourth-order valence-corrected chi connectivity index (χ4v) is 2.36. The average Bonchev–Trinajstić information content (AvgIpc) is 3.15. The molecule has 2 aromatic rings. The zero-order valence-electron chi connectivity index (χ0n) is 11.5. The molecule has 1 aromatic carbocycles. The average molecular weight is 255 g/mol. The summed E-state index contributed by atoms with van der Waals surface area (Å²) < 4.78 is 2.09. The van der Waals surface area contributed by atoms with E-state index in [2.05, 4.69) is 52.4 Å². The summed E-state index contributed by atoms with van der Waals surface area (Å²) >= 11 is 0. The number of benzene rings is 1. The number of hydrogen-bond acceptors (Lipinski definition) is 2. The maximum absolute atomic E-state index is 4.40. The van der Waals surface area contributed by atoms with Gasteiger partial charge in [-0.05, 0) is 37.0 Å². The third-order valence-electron chi connectivity index (χ3n) is 3.55. The van der Waals surface area contributed by atoms with Gasteiger partial charge in [0.15, 0.2) is 0 Å². The van der Waals surface area contributed by atoms with Crippen molar-refractivity contribution >= 4 is 0 Å². The first-order valence-electron chi connectivity index (χ1n) is 7.21. The molecule has 19 heavy (non-hydrogen) atoms. The molecule has 1 N–H and O–H groups in total. The predicted octanol–water partition coefficient (Wildman–Crippen LogP) is 3.21. The quantitative estimate of drug-likeness (QED) is 0.859. The van der Waals surface area contributed by atoms with E-state index in [0.717, 1.165) is 25.6 Å². The zero-order chi connectivity index (χ0) is 13.1. The minimum atomic E-state index is 0.759. The second kappa shape index (κ2) is 5.57. The Hall–Kier alpha value is -1.61. The summed E-state index contributed by atoms with van der Waals surface area (Å²) in [6.45, 7) is 4.13. The van der Waals surface area contributed by atoms with Crippen LogP contribution in [0, 0.1) is 0 Å². The van der Waals surface area contributed by atoms with E-state index < -0.39 is 0 Å². The van der Waals surface area contributed by atoms with Crippen molar-refractivity contribution in [2.24, 2.45) is 0 Å². The van der Waals surface area contributed by atoms with Gasteiger partial charge in [-0.15, -0.1) is 0 Å². The van der Waals surface area contributed by atoms with Crippen molar-refractivity contribution in [2.75, 3.05) is 0 Å². The molecule has 1 aliphatic rings. The molecule has 0 spiro atoms. The second-order valence-electron chi connectivity index (χ2n) is 5.30. The first kappa shape index (κ1) is 12.4. The summed E-state index contributed by atoms with van der Waals surface area (Å²) in [5.74, 6) is 0. The SMILES string of the molecule is CCCn1nccc1-c1cccc(CNC2CC2)c1. The molecule has 3 heteroatoms. The van der Waals surface area contributed by atoms with E-state index in [1.54, 1.807) is 0 Å². The van der Waals surface area contributed by atoms with Crippen LogP contribution >= 0.6 is 0 Å². The molecule has 0 amide bonds.